The summed E-state index contributed by atoms with van der Waals surface area (Å²) in [5.74, 6) is 0.0218. The third kappa shape index (κ3) is 3.36. The molecule has 1 saturated heterocycles. The molecule has 2 heterocycles. The van der Waals surface area contributed by atoms with Gasteiger partial charge in [-0.3, -0.25) is 4.79 Å². The van der Waals surface area contributed by atoms with Gasteiger partial charge in [0.25, 0.3) is 0 Å². The summed E-state index contributed by atoms with van der Waals surface area (Å²) >= 11 is 0. The van der Waals surface area contributed by atoms with Gasteiger partial charge < -0.3 is 14.6 Å². The van der Waals surface area contributed by atoms with Gasteiger partial charge in [0.2, 0.25) is 0 Å². The van der Waals surface area contributed by atoms with Crippen molar-refractivity contribution in [2.75, 3.05) is 13.2 Å². The zero-order valence-electron chi connectivity index (χ0n) is 12.7. The lowest BCUT2D eigenvalue weighted by molar-refractivity contribution is -0.141. The first-order valence-corrected chi connectivity index (χ1v) is 7.72. The van der Waals surface area contributed by atoms with Crippen molar-refractivity contribution in [2.24, 2.45) is 5.92 Å². The fourth-order valence-corrected chi connectivity index (χ4v) is 2.76. The molecule has 0 saturated carbocycles. The van der Waals surface area contributed by atoms with Gasteiger partial charge in [-0.2, -0.15) is 0 Å². The quantitative estimate of drug-likeness (QED) is 0.833. The topological polar surface area (TPSA) is 56.1 Å². The summed E-state index contributed by atoms with van der Waals surface area (Å²) in [6, 6.07) is 8.62. The molecular weight excluding hydrogens is 278 g/mol. The highest BCUT2D eigenvalue weighted by Gasteiger charge is 2.25. The number of carbonyl (C=O) groups is 1. The second kappa shape index (κ2) is 6.75. The lowest BCUT2D eigenvalue weighted by atomic mass is 10.0. The number of esters is 1. The Morgan fingerprint density at radius 1 is 1.50 bits per heavy atom. The normalized spacial score (nSPS) is 19.1. The molecule has 0 amide bonds. The van der Waals surface area contributed by atoms with Crippen LogP contribution >= 0.6 is 0 Å². The molecule has 1 aliphatic heterocycles. The molecule has 2 atom stereocenters. The zero-order valence-corrected chi connectivity index (χ0v) is 12.7. The molecule has 1 aromatic heterocycles. The van der Waals surface area contributed by atoms with Gasteiger partial charge in [0.05, 0.1) is 18.9 Å². The number of hydrogen-bond acceptors (Lipinski definition) is 4. The van der Waals surface area contributed by atoms with Crippen LogP contribution in [0.15, 0.2) is 43.0 Å². The molecule has 1 fully saturated rings. The van der Waals surface area contributed by atoms with Crippen molar-refractivity contribution < 1.29 is 9.53 Å². The molecular formula is C17H21N3O2. The average Bonchev–Trinajstić information content (AvgIpc) is 3.20. The van der Waals surface area contributed by atoms with Crippen molar-refractivity contribution >= 4 is 5.97 Å². The van der Waals surface area contributed by atoms with Crippen molar-refractivity contribution in [1.82, 2.24) is 14.9 Å². The van der Waals surface area contributed by atoms with Gasteiger partial charge >= 0.3 is 5.97 Å². The number of nitrogens with one attached hydrogen (secondary N) is 1. The largest absolute Gasteiger partial charge is 0.465 e. The van der Waals surface area contributed by atoms with Gasteiger partial charge in [0.15, 0.2) is 0 Å². The molecule has 5 nitrogen and oxygen atoms in total. The smallest absolute Gasteiger partial charge is 0.309 e. The SMILES string of the molecule is C[C@H](NCC[C@H]1CCOC1=O)c1cccc(-n2ccnc2)c1. The van der Waals surface area contributed by atoms with Crippen LogP contribution in [0.3, 0.4) is 0 Å². The Kier molecular flexibility index (Phi) is 4.53. The van der Waals surface area contributed by atoms with Gasteiger partial charge in [-0.05, 0) is 44.0 Å². The number of imidazole rings is 1. The van der Waals surface area contributed by atoms with E-state index in [1.54, 1.807) is 12.5 Å². The number of rotatable bonds is 6. The fourth-order valence-electron chi connectivity index (χ4n) is 2.76. The number of hydrogen-bond donors (Lipinski definition) is 1. The van der Waals surface area contributed by atoms with Gasteiger partial charge in [-0.15, -0.1) is 0 Å². The van der Waals surface area contributed by atoms with Gasteiger partial charge in [-0.1, -0.05) is 12.1 Å². The Morgan fingerprint density at radius 3 is 3.14 bits per heavy atom. The molecule has 3 rings (SSSR count). The van der Waals surface area contributed by atoms with Crippen molar-refractivity contribution in [3.63, 3.8) is 0 Å². The maximum atomic E-state index is 11.4. The van der Waals surface area contributed by atoms with E-state index in [1.807, 2.05) is 10.8 Å². The molecule has 116 valence electrons. The Morgan fingerprint density at radius 2 is 2.41 bits per heavy atom. The average molecular weight is 299 g/mol. The van der Waals surface area contributed by atoms with Crippen molar-refractivity contribution in [3.8, 4) is 5.69 Å². The summed E-state index contributed by atoms with van der Waals surface area (Å²) in [5.41, 5.74) is 2.32. The predicted octanol–water partition coefficient (Wildman–Crippen LogP) is 2.48. The number of benzene rings is 1. The first kappa shape index (κ1) is 14.8. The lowest BCUT2D eigenvalue weighted by Gasteiger charge is -2.16. The van der Waals surface area contributed by atoms with Crippen LogP contribution in [0.4, 0.5) is 0 Å². The standard InChI is InChI=1S/C17H21N3O2/c1-13(19-7-5-14-6-10-22-17(14)21)15-3-2-4-16(11-15)20-9-8-18-12-20/h2-4,8-9,11-14,19H,5-7,10H2,1H3/t13-,14-/m0/s1. The van der Waals surface area contributed by atoms with E-state index in [-0.39, 0.29) is 17.9 Å². The van der Waals surface area contributed by atoms with Crippen molar-refractivity contribution in [2.45, 2.75) is 25.8 Å². The van der Waals surface area contributed by atoms with Crippen LogP contribution in [-0.4, -0.2) is 28.7 Å². The molecule has 0 radical (unpaired) electrons. The summed E-state index contributed by atoms with van der Waals surface area (Å²) in [5, 5.41) is 3.49. The molecule has 2 aromatic rings. The molecule has 1 aliphatic rings. The van der Waals surface area contributed by atoms with E-state index in [2.05, 4.69) is 41.5 Å². The minimum absolute atomic E-state index is 0.0449. The van der Waals surface area contributed by atoms with E-state index in [4.69, 9.17) is 4.74 Å². The number of nitrogens with zero attached hydrogens (tertiary/aromatic N) is 2. The number of aromatic nitrogens is 2. The van der Waals surface area contributed by atoms with E-state index in [0.717, 1.165) is 25.1 Å². The monoisotopic (exact) mass is 299 g/mol. The molecule has 22 heavy (non-hydrogen) atoms. The highest BCUT2D eigenvalue weighted by Crippen LogP contribution is 2.19. The summed E-state index contributed by atoms with van der Waals surface area (Å²) in [4.78, 5) is 15.5. The first-order valence-electron chi connectivity index (χ1n) is 7.72. The van der Waals surface area contributed by atoms with Crippen LogP contribution in [0, 0.1) is 5.92 Å². The van der Waals surface area contributed by atoms with Crippen molar-refractivity contribution in [3.05, 3.63) is 48.5 Å². The Hall–Kier alpha value is -2.14. The number of cyclic esters (lactones) is 1. The molecule has 0 spiro atoms. The highest BCUT2D eigenvalue weighted by atomic mass is 16.5. The highest BCUT2D eigenvalue weighted by molar-refractivity contribution is 5.74. The van der Waals surface area contributed by atoms with Crippen LogP contribution < -0.4 is 5.32 Å². The van der Waals surface area contributed by atoms with Crippen LogP contribution in [-0.2, 0) is 9.53 Å². The van der Waals surface area contributed by atoms with E-state index < -0.39 is 0 Å². The Balaban J connectivity index is 1.57. The van der Waals surface area contributed by atoms with Gasteiger partial charge in [0.1, 0.15) is 0 Å². The third-order valence-electron chi connectivity index (χ3n) is 4.16. The molecule has 0 unspecified atom stereocenters. The van der Waals surface area contributed by atoms with E-state index in [0.29, 0.717) is 6.61 Å². The van der Waals surface area contributed by atoms with Crippen molar-refractivity contribution in [1.29, 1.82) is 0 Å². The minimum Gasteiger partial charge on any atom is -0.465 e. The predicted molar refractivity (Wildman–Crippen MR) is 83.7 cm³/mol. The minimum atomic E-state index is -0.0449. The molecule has 5 heteroatoms. The summed E-state index contributed by atoms with van der Waals surface area (Å²) < 4.78 is 6.98. The molecule has 0 aliphatic carbocycles. The Labute approximate surface area is 130 Å². The third-order valence-corrected chi connectivity index (χ3v) is 4.16. The van der Waals surface area contributed by atoms with Gasteiger partial charge in [-0.25, -0.2) is 4.98 Å². The molecule has 1 aromatic carbocycles. The lowest BCUT2D eigenvalue weighted by Crippen LogP contribution is -2.23. The zero-order chi connectivity index (χ0) is 15.4. The van der Waals surface area contributed by atoms with E-state index >= 15 is 0 Å². The molecule has 0 bridgehead atoms. The maximum absolute atomic E-state index is 11.4. The molecule has 1 N–H and O–H groups in total. The van der Waals surface area contributed by atoms with Crippen LogP contribution in [0.25, 0.3) is 5.69 Å². The number of carbonyl (C=O) groups excluding carboxylic acids is 1. The summed E-state index contributed by atoms with van der Waals surface area (Å²) in [7, 11) is 0. The second-order valence-corrected chi connectivity index (χ2v) is 5.68. The summed E-state index contributed by atoms with van der Waals surface area (Å²) in [6.45, 7) is 3.53. The maximum Gasteiger partial charge on any atom is 0.309 e. The van der Waals surface area contributed by atoms with Crippen LogP contribution in [0.1, 0.15) is 31.4 Å². The fraction of sp³-hybridized carbons (Fsp3) is 0.412. The summed E-state index contributed by atoms with van der Waals surface area (Å²) in [6.07, 6.45) is 7.19. The van der Waals surface area contributed by atoms with Crippen LogP contribution in [0.2, 0.25) is 0 Å². The van der Waals surface area contributed by atoms with Gasteiger partial charge in [0, 0.05) is 24.1 Å². The first-order chi connectivity index (χ1) is 10.7. The van der Waals surface area contributed by atoms with E-state index in [1.165, 1.54) is 5.56 Å². The Bertz CT molecular complexity index is 625. The number of ether oxygens (including phenoxy) is 1. The second-order valence-electron chi connectivity index (χ2n) is 5.68. The van der Waals surface area contributed by atoms with E-state index in [9.17, 15) is 4.79 Å². The van der Waals surface area contributed by atoms with Crippen LogP contribution in [0.5, 0.6) is 0 Å².